The van der Waals surface area contributed by atoms with Gasteiger partial charge in [0.1, 0.15) is 5.65 Å². The van der Waals surface area contributed by atoms with Crippen molar-refractivity contribution in [3.05, 3.63) is 84.6 Å². The lowest BCUT2D eigenvalue weighted by atomic mass is 9.86. The van der Waals surface area contributed by atoms with Crippen molar-refractivity contribution in [3.63, 3.8) is 0 Å². The summed E-state index contributed by atoms with van der Waals surface area (Å²) < 4.78 is 10.3. The van der Waals surface area contributed by atoms with E-state index in [0.29, 0.717) is 5.92 Å². The molecule has 0 saturated carbocycles. The van der Waals surface area contributed by atoms with Crippen molar-refractivity contribution < 1.29 is 4.74 Å². The Bertz CT molecular complexity index is 1550. The number of benzene rings is 1. The largest absolute Gasteiger partial charge is 0.381 e. The molecular weight excluding hydrogens is 446 g/mol. The van der Waals surface area contributed by atoms with Gasteiger partial charge in [0.2, 0.25) is 0 Å². The van der Waals surface area contributed by atoms with Crippen LogP contribution in [0, 0.1) is 12.8 Å². The molecule has 1 unspecified atom stereocenters. The molecule has 0 aliphatic carbocycles. The van der Waals surface area contributed by atoms with Gasteiger partial charge in [-0.2, -0.15) is 0 Å². The van der Waals surface area contributed by atoms with E-state index in [0.717, 1.165) is 76.3 Å². The highest BCUT2D eigenvalue weighted by atomic mass is 16.5. The minimum absolute atomic E-state index is 0.118. The summed E-state index contributed by atoms with van der Waals surface area (Å²) in [5, 5.41) is 1.07. The number of aromatic nitrogens is 5. The maximum Gasteiger partial charge on any atom is 0.143 e. The molecule has 1 aliphatic rings. The summed E-state index contributed by atoms with van der Waals surface area (Å²) in [5.41, 5.74) is 9.31. The third kappa shape index (κ3) is 3.73. The van der Waals surface area contributed by atoms with Crippen molar-refractivity contribution in [1.29, 1.82) is 0 Å². The monoisotopic (exact) mass is 477 g/mol. The highest BCUT2D eigenvalue weighted by Gasteiger charge is 2.31. The molecule has 6 rings (SSSR count). The summed E-state index contributed by atoms with van der Waals surface area (Å²) in [4.78, 5) is 14.7. The van der Waals surface area contributed by atoms with E-state index in [2.05, 4.69) is 69.2 Å². The third-order valence-corrected chi connectivity index (χ3v) is 7.45. The van der Waals surface area contributed by atoms with Crippen LogP contribution in [0.5, 0.6) is 0 Å². The maximum absolute atomic E-state index is 5.76. The van der Waals surface area contributed by atoms with Gasteiger partial charge in [-0.05, 0) is 61.9 Å². The van der Waals surface area contributed by atoms with Gasteiger partial charge in [-0.25, -0.2) is 9.97 Å². The van der Waals surface area contributed by atoms with Crippen molar-refractivity contribution in [2.45, 2.75) is 32.7 Å². The number of rotatable bonds is 5. The van der Waals surface area contributed by atoms with Gasteiger partial charge in [-0.1, -0.05) is 36.9 Å². The molecule has 6 heteroatoms. The zero-order valence-electron chi connectivity index (χ0n) is 21.1. The number of hydrogen-bond donors (Lipinski definition) is 0. The molecule has 4 aromatic heterocycles. The number of aryl methyl sites for hydroxylation is 2. The zero-order valence-corrected chi connectivity index (χ0v) is 21.1. The molecule has 6 nitrogen and oxygen atoms in total. The highest BCUT2D eigenvalue weighted by Crippen LogP contribution is 2.41. The average molecular weight is 478 g/mol. The Labute approximate surface area is 211 Å². The van der Waals surface area contributed by atoms with Crippen molar-refractivity contribution in [2.24, 2.45) is 13.0 Å². The fraction of sp³-hybridized carbons (Fsp3) is 0.300. The van der Waals surface area contributed by atoms with Gasteiger partial charge in [0.05, 0.1) is 40.5 Å². The number of ether oxygens (including phenoxy) is 1. The van der Waals surface area contributed by atoms with Crippen molar-refractivity contribution >= 4 is 27.6 Å². The van der Waals surface area contributed by atoms with Gasteiger partial charge < -0.3 is 13.9 Å². The molecule has 182 valence electrons. The minimum atomic E-state index is 0.118. The predicted molar refractivity (Wildman–Crippen MR) is 145 cm³/mol. The Hall–Kier alpha value is -3.77. The van der Waals surface area contributed by atoms with E-state index in [1.165, 1.54) is 5.56 Å². The van der Waals surface area contributed by atoms with Gasteiger partial charge in [0, 0.05) is 37.4 Å². The Morgan fingerprint density at radius 3 is 2.56 bits per heavy atom. The molecule has 0 amide bonds. The molecule has 1 atom stereocenters. The fourth-order valence-corrected chi connectivity index (χ4v) is 5.70. The quantitative estimate of drug-likeness (QED) is 0.296. The van der Waals surface area contributed by atoms with Gasteiger partial charge in [-0.3, -0.25) is 4.98 Å². The third-order valence-electron chi connectivity index (χ3n) is 7.45. The molecule has 5 aromatic rings. The molecule has 0 bridgehead atoms. The summed E-state index contributed by atoms with van der Waals surface area (Å²) in [6, 6.07) is 17.4. The Morgan fingerprint density at radius 1 is 1.08 bits per heavy atom. The van der Waals surface area contributed by atoms with Crippen LogP contribution in [0.1, 0.15) is 42.8 Å². The van der Waals surface area contributed by atoms with Crippen LogP contribution < -0.4 is 0 Å². The van der Waals surface area contributed by atoms with Crippen LogP contribution in [-0.2, 0) is 11.8 Å². The van der Waals surface area contributed by atoms with Crippen LogP contribution >= 0.6 is 0 Å². The predicted octanol–water partition coefficient (Wildman–Crippen LogP) is 6.34. The summed E-state index contributed by atoms with van der Waals surface area (Å²) in [6.45, 7) is 9.79. The second-order valence-corrected chi connectivity index (χ2v) is 9.90. The maximum atomic E-state index is 5.76. The van der Waals surface area contributed by atoms with Crippen molar-refractivity contribution in [3.8, 4) is 11.3 Å². The summed E-state index contributed by atoms with van der Waals surface area (Å²) >= 11 is 0. The molecule has 1 saturated heterocycles. The molecule has 0 spiro atoms. The standard InChI is InChI=1S/C30H31N5O/c1-19(2)25-11-10-24-27-26(16-23(17-31-27)28-20(3)32-18-34(28)4)35(30(24)33-25)29(21-8-6-5-7-9-21)22-12-14-36-15-13-22/h5-11,16-18,22,29H,1,12-15H2,2-4H3. The highest BCUT2D eigenvalue weighted by molar-refractivity contribution is 6.05. The second kappa shape index (κ2) is 9.03. The van der Waals surface area contributed by atoms with Crippen LogP contribution in [-0.4, -0.2) is 37.3 Å². The van der Waals surface area contributed by atoms with Gasteiger partial charge in [0.15, 0.2) is 0 Å². The van der Waals surface area contributed by atoms with Crippen molar-refractivity contribution in [1.82, 2.24) is 24.1 Å². The smallest absolute Gasteiger partial charge is 0.143 e. The van der Waals surface area contributed by atoms with E-state index >= 15 is 0 Å². The number of fused-ring (bicyclic) bond motifs is 3. The number of allylic oxidation sites excluding steroid dienone is 1. The van der Waals surface area contributed by atoms with E-state index in [9.17, 15) is 0 Å². The number of imidazole rings is 1. The molecule has 1 aliphatic heterocycles. The van der Waals surface area contributed by atoms with Crippen LogP contribution in [0.25, 0.3) is 38.9 Å². The molecular formula is C30H31N5O. The van der Waals surface area contributed by atoms with E-state index in [1.807, 2.05) is 33.4 Å². The van der Waals surface area contributed by atoms with E-state index in [-0.39, 0.29) is 6.04 Å². The van der Waals surface area contributed by atoms with Crippen LogP contribution in [0.2, 0.25) is 0 Å². The number of nitrogens with zero attached hydrogens (tertiary/aromatic N) is 5. The lowest BCUT2D eigenvalue weighted by molar-refractivity contribution is 0.0552. The lowest BCUT2D eigenvalue weighted by Gasteiger charge is -2.32. The van der Waals surface area contributed by atoms with Crippen LogP contribution in [0.4, 0.5) is 0 Å². The van der Waals surface area contributed by atoms with Gasteiger partial charge >= 0.3 is 0 Å². The van der Waals surface area contributed by atoms with E-state index < -0.39 is 0 Å². The zero-order chi connectivity index (χ0) is 24.8. The van der Waals surface area contributed by atoms with E-state index in [4.69, 9.17) is 14.7 Å². The van der Waals surface area contributed by atoms with Gasteiger partial charge in [0.25, 0.3) is 0 Å². The van der Waals surface area contributed by atoms with Gasteiger partial charge in [-0.15, -0.1) is 0 Å². The van der Waals surface area contributed by atoms with Crippen LogP contribution in [0.3, 0.4) is 0 Å². The minimum Gasteiger partial charge on any atom is -0.381 e. The summed E-state index contributed by atoms with van der Waals surface area (Å²) in [5.74, 6) is 0.428. The first-order valence-corrected chi connectivity index (χ1v) is 12.6. The Balaban J connectivity index is 1.69. The molecule has 1 aromatic carbocycles. The first-order chi connectivity index (χ1) is 17.5. The number of pyridine rings is 2. The first-order valence-electron chi connectivity index (χ1n) is 12.6. The molecule has 0 radical (unpaired) electrons. The normalized spacial score (nSPS) is 15.5. The van der Waals surface area contributed by atoms with Crippen molar-refractivity contribution in [2.75, 3.05) is 13.2 Å². The average Bonchev–Trinajstić information content (AvgIpc) is 3.41. The number of hydrogen-bond acceptors (Lipinski definition) is 4. The SMILES string of the molecule is C=C(C)c1ccc2c3ncc(-c4c(C)ncn4C)cc3n(C(c3ccccc3)C3CCOCC3)c2n1. The second-order valence-electron chi connectivity index (χ2n) is 9.90. The topological polar surface area (TPSA) is 57.8 Å². The lowest BCUT2D eigenvalue weighted by Crippen LogP contribution is -2.27. The molecule has 5 heterocycles. The van der Waals surface area contributed by atoms with E-state index in [1.54, 1.807) is 0 Å². The molecule has 36 heavy (non-hydrogen) atoms. The van der Waals surface area contributed by atoms with Crippen LogP contribution in [0.15, 0.2) is 67.6 Å². The first kappa shape index (κ1) is 22.7. The molecule has 0 N–H and O–H groups in total. The Kier molecular flexibility index (Phi) is 5.69. The molecule has 1 fully saturated rings. The fourth-order valence-electron chi connectivity index (χ4n) is 5.70. The Morgan fingerprint density at radius 2 is 1.86 bits per heavy atom. The summed E-state index contributed by atoms with van der Waals surface area (Å²) in [6.07, 6.45) is 5.85. The summed E-state index contributed by atoms with van der Waals surface area (Å²) in [7, 11) is 2.03.